The lowest BCUT2D eigenvalue weighted by atomic mass is 9.93. The predicted octanol–water partition coefficient (Wildman–Crippen LogP) is 6.62. The number of methoxy groups -OCH3 is 2. The van der Waals surface area contributed by atoms with Gasteiger partial charge in [-0.15, -0.1) is 11.8 Å². The Morgan fingerprint density at radius 1 is 0.920 bits per heavy atom. The molecule has 4 atom stereocenters. The summed E-state index contributed by atoms with van der Waals surface area (Å²) in [6.07, 6.45) is 3.11. The van der Waals surface area contributed by atoms with E-state index >= 15 is 0 Å². The van der Waals surface area contributed by atoms with Crippen molar-refractivity contribution < 1.29 is 56.7 Å². The van der Waals surface area contributed by atoms with Crippen molar-refractivity contribution in [3.63, 3.8) is 0 Å². The molecule has 406 valence electrons. The van der Waals surface area contributed by atoms with Gasteiger partial charge in [0.2, 0.25) is 23.0 Å². The number of alkyl halides is 1. The molecule has 0 saturated carbocycles. The number of nitrogens with zero attached hydrogens (tertiary/aromatic N) is 9. The number of carbonyl (C=O) groups excluding carboxylic acids is 4. The fourth-order valence-electron chi connectivity index (χ4n) is 8.07. The Hall–Kier alpha value is -6.79. The van der Waals surface area contributed by atoms with Crippen molar-refractivity contribution in [3.05, 3.63) is 83.8 Å². The summed E-state index contributed by atoms with van der Waals surface area (Å²) in [4.78, 5) is 75.5. The number of carbonyl (C=O) groups is 4. The summed E-state index contributed by atoms with van der Waals surface area (Å²) in [6.45, 7) is 11.4. The molecule has 0 radical (unpaired) electrons. The molecule has 2 aromatic heterocycles. The Bertz CT molecular complexity index is 2630. The minimum atomic E-state index is -1.32. The second kappa shape index (κ2) is 26.1. The summed E-state index contributed by atoms with van der Waals surface area (Å²) >= 11 is 2.35. The van der Waals surface area contributed by atoms with E-state index in [4.69, 9.17) is 28.7 Å². The van der Waals surface area contributed by atoms with Crippen molar-refractivity contribution in [2.75, 3.05) is 77.8 Å². The summed E-state index contributed by atoms with van der Waals surface area (Å²) in [6, 6.07) is 17.9. The third kappa shape index (κ3) is 16.6. The maximum absolute atomic E-state index is 14.6. The molecule has 2 aliphatic heterocycles. The highest BCUT2D eigenvalue weighted by Crippen LogP contribution is 2.41. The minimum absolute atomic E-state index is 0.0160. The van der Waals surface area contributed by atoms with Crippen LogP contribution in [0.2, 0.25) is 0 Å². The SMILES string of the molecule is COc1ccc(COC(=O)C2C(C[n+]3cccc(N(CCCN(C)C(=O)OC(C)(C)C)Cc4ccc(OC)cc4)c3N=CN(C)C)CS[C@@H]3[C@H](NC(=O)/C(=N\OCF)c4nsc(NC(=O)OC(C)(C)C)n4)CN23)cc1. The van der Waals surface area contributed by atoms with E-state index in [0.29, 0.717) is 49.9 Å². The van der Waals surface area contributed by atoms with Crippen molar-refractivity contribution in [3.8, 4) is 11.5 Å². The molecule has 4 heterocycles. The molecule has 2 aromatic carbocycles. The number of amides is 3. The largest absolute Gasteiger partial charge is 0.497 e. The number of fused-ring (bicyclic) bond motifs is 1. The van der Waals surface area contributed by atoms with Gasteiger partial charge in [-0.1, -0.05) is 29.4 Å². The first-order chi connectivity index (χ1) is 35.6. The summed E-state index contributed by atoms with van der Waals surface area (Å²) in [7, 11) is 8.71. The first kappa shape index (κ1) is 57.5. The van der Waals surface area contributed by atoms with E-state index in [0.717, 1.165) is 34.1 Å². The van der Waals surface area contributed by atoms with Crippen LogP contribution in [0.5, 0.6) is 11.5 Å². The second-order valence-corrected chi connectivity index (χ2v) is 21.9. The van der Waals surface area contributed by atoms with E-state index in [9.17, 15) is 23.6 Å². The van der Waals surface area contributed by atoms with E-state index in [1.807, 2.05) is 99.4 Å². The molecule has 6 rings (SSSR count). The number of ether oxygens (including phenoxy) is 5. The lowest BCUT2D eigenvalue weighted by molar-refractivity contribution is -0.690. The van der Waals surface area contributed by atoms with Gasteiger partial charge in [0.05, 0.1) is 38.4 Å². The molecule has 21 nitrogen and oxygen atoms in total. The van der Waals surface area contributed by atoms with Gasteiger partial charge in [-0.25, -0.2) is 18.5 Å². The standard InChI is InChI=1S/C51H68FN11O10S2/c1-50(2,3)72-48(66)56-47-55-42(58-75-47)40(57-71-31-52)44(64)54-38-28-63-41(46(65)70-29-34-17-21-37(69-11)22-18-34)35(30-74-45(38)63)27-62-24-12-14-39(43(62)53-32-59(7)8)61(26-33-15-19-36(68-10)20-16-33)25-13-23-60(9)49(67)73-51(4,5)6/h12,14-22,24,32,35,38,41,45H,13,23,25-31H2,1-11H3,(H-,54,55,56,58,64,66)/p+1/b57-40-/t35?,38-,41?,45-/m1/s1. The summed E-state index contributed by atoms with van der Waals surface area (Å²) in [5, 5.41) is 8.78. The molecule has 75 heavy (non-hydrogen) atoms. The van der Waals surface area contributed by atoms with Crippen LogP contribution in [0.25, 0.3) is 0 Å². The van der Waals surface area contributed by atoms with Crippen LogP contribution in [0, 0.1) is 5.92 Å². The maximum Gasteiger partial charge on any atom is 0.414 e. The van der Waals surface area contributed by atoms with E-state index in [-0.39, 0.29) is 35.4 Å². The Labute approximate surface area is 445 Å². The van der Waals surface area contributed by atoms with Gasteiger partial charge in [0, 0.05) is 70.5 Å². The van der Waals surface area contributed by atoms with Crippen LogP contribution in [-0.2, 0) is 48.3 Å². The van der Waals surface area contributed by atoms with E-state index < -0.39 is 59.9 Å². The highest BCUT2D eigenvalue weighted by molar-refractivity contribution is 8.00. The zero-order chi connectivity index (χ0) is 54.5. The van der Waals surface area contributed by atoms with Crippen LogP contribution in [0.15, 0.2) is 77.0 Å². The van der Waals surface area contributed by atoms with Gasteiger partial charge in [-0.05, 0) is 100 Å². The second-order valence-electron chi connectivity index (χ2n) is 20.0. The number of rotatable bonds is 22. The third-order valence-electron chi connectivity index (χ3n) is 11.5. The van der Waals surface area contributed by atoms with Crippen LogP contribution in [0.3, 0.4) is 0 Å². The summed E-state index contributed by atoms with van der Waals surface area (Å²) < 4.78 is 47.3. The van der Waals surface area contributed by atoms with Gasteiger partial charge in [0.25, 0.3) is 12.8 Å². The van der Waals surface area contributed by atoms with Crippen LogP contribution >= 0.6 is 23.3 Å². The Morgan fingerprint density at radius 2 is 1.59 bits per heavy atom. The number of hydrogen-bond acceptors (Lipinski definition) is 18. The number of anilines is 2. The number of oxime groups is 1. The lowest BCUT2D eigenvalue weighted by Gasteiger charge is -2.55. The molecular weight excluding hydrogens is 1010 g/mol. The average molecular weight is 1080 g/mol. The van der Waals surface area contributed by atoms with Crippen molar-refractivity contribution >= 4 is 76.0 Å². The summed E-state index contributed by atoms with van der Waals surface area (Å²) in [5.74, 6) is 0.827. The van der Waals surface area contributed by atoms with E-state index in [2.05, 4.69) is 39.5 Å². The van der Waals surface area contributed by atoms with Crippen molar-refractivity contribution in [1.29, 1.82) is 0 Å². The average Bonchev–Trinajstić information content (AvgIpc) is 3.80. The van der Waals surface area contributed by atoms with Gasteiger partial charge in [-0.2, -0.15) is 9.36 Å². The van der Waals surface area contributed by atoms with Crippen LogP contribution < -0.4 is 29.6 Å². The first-order valence-corrected chi connectivity index (χ1v) is 26.1. The number of hydrogen-bond donors (Lipinski definition) is 2. The maximum atomic E-state index is 14.6. The van der Waals surface area contributed by atoms with Gasteiger partial charge in [0.1, 0.15) is 41.0 Å². The topological polar surface area (TPSA) is 215 Å². The van der Waals surface area contributed by atoms with Gasteiger partial charge >= 0.3 is 24.0 Å². The zero-order valence-electron chi connectivity index (χ0n) is 44.4. The fourth-order valence-corrected chi connectivity index (χ4v) is 10.1. The molecule has 4 aromatic rings. The monoisotopic (exact) mass is 1080 g/mol. The molecule has 0 bridgehead atoms. The molecule has 0 spiro atoms. The first-order valence-electron chi connectivity index (χ1n) is 24.3. The number of benzene rings is 2. The summed E-state index contributed by atoms with van der Waals surface area (Å²) in [5.41, 5.74) is 0.804. The third-order valence-corrected chi connectivity index (χ3v) is 13.7. The molecule has 2 fully saturated rings. The Kier molecular flexibility index (Phi) is 20.0. The fraction of sp³-hybridized carbons (Fsp3) is 0.510. The smallest absolute Gasteiger partial charge is 0.414 e. The molecule has 2 aliphatic rings. The molecule has 2 unspecified atom stereocenters. The number of aliphatic imine (C=N–C) groups is 1. The number of aromatic nitrogens is 3. The molecule has 2 saturated heterocycles. The zero-order valence-corrected chi connectivity index (χ0v) is 46.0. The number of esters is 1. The number of pyridine rings is 1. The van der Waals surface area contributed by atoms with Crippen molar-refractivity contribution in [2.24, 2.45) is 16.1 Å². The molecule has 24 heteroatoms. The highest BCUT2D eigenvalue weighted by Gasteiger charge is 2.53. The number of halogens is 1. The Morgan fingerprint density at radius 3 is 2.21 bits per heavy atom. The number of thioether (sulfide) groups is 1. The molecule has 0 aliphatic carbocycles. The molecule has 2 N–H and O–H groups in total. The van der Waals surface area contributed by atoms with Crippen LogP contribution in [0.4, 0.5) is 30.6 Å². The van der Waals surface area contributed by atoms with Crippen molar-refractivity contribution in [2.45, 2.75) is 96.3 Å². The minimum Gasteiger partial charge on any atom is -0.497 e. The normalized spacial score (nSPS) is 17.7. The Balaban J connectivity index is 1.28. The van der Waals surface area contributed by atoms with Crippen molar-refractivity contribution in [1.82, 2.24) is 29.4 Å². The predicted molar refractivity (Wildman–Crippen MR) is 284 cm³/mol. The lowest BCUT2D eigenvalue weighted by Crippen LogP contribution is -2.73. The molecular formula is C51H69FN11O10S2+. The van der Waals surface area contributed by atoms with Gasteiger partial charge in [0.15, 0.2) is 0 Å². The van der Waals surface area contributed by atoms with E-state index in [1.165, 1.54) is 0 Å². The molecule has 3 amide bonds. The van der Waals surface area contributed by atoms with Crippen LogP contribution in [0.1, 0.15) is 64.9 Å². The van der Waals surface area contributed by atoms with Gasteiger partial charge < -0.3 is 48.5 Å². The van der Waals surface area contributed by atoms with Crippen LogP contribution in [-0.4, -0.2) is 156 Å². The van der Waals surface area contributed by atoms with Gasteiger partial charge in [-0.3, -0.25) is 19.8 Å². The highest BCUT2D eigenvalue weighted by atomic mass is 32.2. The quantitative estimate of drug-likeness (QED) is 0.0211. The van der Waals surface area contributed by atoms with E-state index in [1.54, 1.807) is 77.2 Å². The number of nitrogens with one attached hydrogen (secondary N) is 2.